The zero-order valence-electron chi connectivity index (χ0n) is 8.88. The molecule has 1 rings (SSSR count). The molecule has 0 saturated carbocycles. The number of hydrogen-bond acceptors (Lipinski definition) is 1. The Labute approximate surface area is 117 Å². The van der Waals surface area contributed by atoms with E-state index in [1.807, 2.05) is 22.6 Å². The van der Waals surface area contributed by atoms with Gasteiger partial charge in [0.1, 0.15) is 0 Å². The van der Waals surface area contributed by atoms with E-state index in [4.69, 9.17) is 11.6 Å². The van der Waals surface area contributed by atoms with Crippen molar-refractivity contribution in [2.24, 2.45) is 0 Å². The summed E-state index contributed by atoms with van der Waals surface area (Å²) >= 11 is 7.51. The van der Waals surface area contributed by atoms with Crippen LogP contribution in [-0.4, -0.2) is 36.2 Å². The lowest BCUT2D eigenvalue weighted by atomic mass is 10.2. The number of hydrogen-bond donors (Lipinski definition) is 0. The Morgan fingerprint density at radius 1 is 1.41 bits per heavy atom. The van der Waals surface area contributed by atoms with E-state index < -0.39 is 18.9 Å². The third kappa shape index (κ3) is 4.39. The summed E-state index contributed by atoms with van der Waals surface area (Å²) in [5, 5.41) is 0. The van der Waals surface area contributed by atoms with Crippen molar-refractivity contribution in [1.29, 1.82) is 0 Å². The van der Waals surface area contributed by atoms with Gasteiger partial charge in [0.25, 0.3) is 12.3 Å². The molecule has 0 aliphatic carbocycles. The van der Waals surface area contributed by atoms with Crippen molar-refractivity contribution in [3.05, 3.63) is 33.4 Å². The highest BCUT2D eigenvalue weighted by Gasteiger charge is 2.20. The van der Waals surface area contributed by atoms with Gasteiger partial charge in [0.15, 0.2) is 0 Å². The molecule has 0 heterocycles. The first-order valence-electron chi connectivity index (χ1n) is 4.94. The standard InChI is InChI=1S/C11H11ClF2INO/c12-5-6-16(7-10(13)14)11(17)8-3-1-2-4-9(8)15/h1-4,10H,5-7H2. The molecule has 2 nitrogen and oxygen atoms in total. The summed E-state index contributed by atoms with van der Waals surface area (Å²) in [6, 6.07) is 6.88. The topological polar surface area (TPSA) is 20.3 Å². The van der Waals surface area contributed by atoms with Crippen LogP contribution in [-0.2, 0) is 0 Å². The summed E-state index contributed by atoms with van der Waals surface area (Å²) < 4.78 is 25.4. The van der Waals surface area contributed by atoms with Crippen LogP contribution in [0.15, 0.2) is 24.3 Å². The SMILES string of the molecule is O=C(c1ccccc1I)N(CCCl)CC(F)F. The van der Waals surface area contributed by atoms with Gasteiger partial charge >= 0.3 is 0 Å². The fourth-order valence-corrected chi connectivity index (χ4v) is 2.17. The number of carbonyl (C=O) groups excluding carboxylic acids is 1. The predicted octanol–water partition coefficient (Wildman–Crippen LogP) is 3.24. The Bertz CT molecular complexity index is 389. The van der Waals surface area contributed by atoms with E-state index in [0.29, 0.717) is 5.56 Å². The second kappa shape index (κ2) is 7.10. The molecule has 1 amide bonds. The van der Waals surface area contributed by atoms with Gasteiger partial charge in [0, 0.05) is 16.0 Å². The van der Waals surface area contributed by atoms with E-state index in [-0.39, 0.29) is 12.4 Å². The van der Waals surface area contributed by atoms with Crippen molar-refractivity contribution in [2.75, 3.05) is 19.0 Å². The molecule has 6 heteroatoms. The molecule has 0 fully saturated rings. The minimum absolute atomic E-state index is 0.121. The molecule has 0 bridgehead atoms. The first-order chi connectivity index (χ1) is 8.06. The third-order valence-electron chi connectivity index (χ3n) is 2.10. The zero-order valence-corrected chi connectivity index (χ0v) is 11.8. The largest absolute Gasteiger partial charge is 0.332 e. The van der Waals surface area contributed by atoms with E-state index in [1.165, 1.54) is 0 Å². The van der Waals surface area contributed by atoms with Crippen LogP contribution < -0.4 is 0 Å². The average Bonchev–Trinajstić information content (AvgIpc) is 2.28. The Morgan fingerprint density at radius 2 is 2.06 bits per heavy atom. The summed E-state index contributed by atoms with van der Waals surface area (Å²) in [5.74, 6) is -0.266. The maximum Gasteiger partial charge on any atom is 0.255 e. The van der Waals surface area contributed by atoms with Crippen LogP contribution in [0.1, 0.15) is 10.4 Å². The van der Waals surface area contributed by atoms with E-state index in [1.54, 1.807) is 24.3 Å². The van der Waals surface area contributed by atoms with E-state index >= 15 is 0 Å². The summed E-state index contributed by atoms with van der Waals surface area (Å²) in [7, 11) is 0. The second-order valence-electron chi connectivity index (χ2n) is 3.31. The highest BCUT2D eigenvalue weighted by atomic mass is 127. The van der Waals surface area contributed by atoms with Gasteiger partial charge in [-0.3, -0.25) is 4.79 Å². The van der Waals surface area contributed by atoms with Gasteiger partial charge in [0.2, 0.25) is 0 Å². The number of benzene rings is 1. The lowest BCUT2D eigenvalue weighted by molar-refractivity contribution is 0.0570. The van der Waals surface area contributed by atoms with Gasteiger partial charge in [-0.2, -0.15) is 0 Å². The average molecular weight is 374 g/mol. The lowest BCUT2D eigenvalue weighted by Crippen LogP contribution is -2.37. The fourth-order valence-electron chi connectivity index (χ4n) is 1.35. The van der Waals surface area contributed by atoms with Crippen molar-refractivity contribution in [3.8, 4) is 0 Å². The van der Waals surface area contributed by atoms with Crippen molar-refractivity contribution < 1.29 is 13.6 Å². The van der Waals surface area contributed by atoms with E-state index in [0.717, 1.165) is 8.47 Å². The number of amides is 1. The molecule has 0 aromatic heterocycles. The number of nitrogens with zero attached hydrogens (tertiary/aromatic N) is 1. The van der Waals surface area contributed by atoms with E-state index in [2.05, 4.69) is 0 Å². The first kappa shape index (κ1) is 14.6. The third-order valence-corrected chi connectivity index (χ3v) is 3.21. The first-order valence-corrected chi connectivity index (χ1v) is 6.55. The smallest absolute Gasteiger partial charge is 0.255 e. The monoisotopic (exact) mass is 373 g/mol. The number of carbonyl (C=O) groups is 1. The predicted molar refractivity (Wildman–Crippen MR) is 71.8 cm³/mol. The molecule has 17 heavy (non-hydrogen) atoms. The Balaban J connectivity index is 2.88. The minimum atomic E-state index is -2.55. The summed E-state index contributed by atoms with van der Waals surface area (Å²) in [6.45, 7) is -0.466. The number of rotatable bonds is 5. The van der Waals surface area contributed by atoms with Gasteiger partial charge in [-0.05, 0) is 34.7 Å². The highest BCUT2D eigenvalue weighted by molar-refractivity contribution is 14.1. The molecule has 0 aliphatic rings. The van der Waals surface area contributed by atoms with Crippen LogP contribution in [0.5, 0.6) is 0 Å². The van der Waals surface area contributed by atoms with Gasteiger partial charge in [0.05, 0.1) is 12.1 Å². The van der Waals surface area contributed by atoms with Crippen LogP contribution >= 0.6 is 34.2 Å². The Hall–Kier alpha value is -0.430. The maximum atomic E-state index is 12.3. The fraction of sp³-hybridized carbons (Fsp3) is 0.364. The summed E-state index contributed by atoms with van der Waals surface area (Å²) in [6.07, 6.45) is -2.55. The summed E-state index contributed by atoms with van der Waals surface area (Å²) in [5.41, 5.74) is 0.430. The van der Waals surface area contributed by atoms with Crippen LogP contribution in [0.3, 0.4) is 0 Å². The molecule has 1 aromatic rings. The number of halogens is 4. The van der Waals surface area contributed by atoms with Gasteiger partial charge in [-0.15, -0.1) is 11.6 Å². The highest BCUT2D eigenvalue weighted by Crippen LogP contribution is 2.15. The maximum absolute atomic E-state index is 12.3. The van der Waals surface area contributed by atoms with E-state index in [9.17, 15) is 13.6 Å². The van der Waals surface area contributed by atoms with Gasteiger partial charge in [-0.25, -0.2) is 8.78 Å². The molecule has 0 spiro atoms. The second-order valence-corrected chi connectivity index (χ2v) is 4.85. The molecule has 0 aliphatic heterocycles. The van der Waals surface area contributed by atoms with Gasteiger partial charge in [-0.1, -0.05) is 12.1 Å². The molecule has 0 saturated heterocycles. The molecule has 94 valence electrons. The molecule has 0 unspecified atom stereocenters. The molecule has 0 N–H and O–H groups in total. The van der Waals surface area contributed by atoms with Crippen molar-refractivity contribution in [3.63, 3.8) is 0 Å². The molecule has 0 atom stereocenters. The van der Waals surface area contributed by atoms with Crippen LogP contribution in [0.4, 0.5) is 8.78 Å². The van der Waals surface area contributed by atoms with Crippen molar-refractivity contribution >= 4 is 40.1 Å². The molecular weight excluding hydrogens is 362 g/mol. The number of alkyl halides is 3. The Kier molecular flexibility index (Phi) is 6.11. The van der Waals surface area contributed by atoms with Gasteiger partial charge < -0.3 is 4.90 Å². The van der Waals surface area contributed by atoms with Crippen LogP contribution in [0, 0.1) is 3.57 Å². The van der Waals surface area contributed by atoms with Crippen LogP contribution in [0.25, 0.3) is 0 Å². The normalized spacial score (nSPS) is 10.6. The molecule has 1 aromatic carbocycles. The van der Waals surface area contributed by atoms with Crippen molar-refractivity contribution in [2.45, 2.75) is 6.43 Å². The lowest BCUT2D eigenvalue weighted by Gasteiger charge is -2.21. The van der Waals surface area contributed by atoms with Crippen LogP contribution in [0.2, 0.25) is 0 Å². The zero-order chi connectivity index (χ0) is 12.8. The summed E-state index contributed by atoms with van der Waals surface area (Å²) in [4.78, 5) is 13.1. The Morgan fingerprint density at radius 3 is 2.59 bits per heavy atom. The molecular formula is C11H11ClF2INO. The molecule has 0 radical (unpaired) electrons. The van der Waals surface area contributed by atoms with Crippen molar-refractivity contribution in [1.82, 2.24) is 4.90 Å². The quantitative estimate of drug-likeness (QED) is 0.573. The minimum Gasteiger partial charge on any atom is -0.332 e.